The summed E-state index contributed by atoms with van der Waals surface area (Å²) in [6.45, 7) is 5.61. The normalized spacial score (nSPS) is 28.3. The first kappa shape index (κ1) is 13.5. The fourth-order valence-corrected chi connectivity index (χ4v) is 2.63. The molecule has 100 valence electrons. The smallest absolute Gasteiger partial charge is 0.0808 e. The van der Waals surface area contributed by atoms with Gasteiger partial charge in [0.2, 0.25) is 0 Å². The molecular formula is C15H24N2O. The second-order valence-electron chi connectivity index (χ2n) is 5.73. The lowest BCUT2D eigenvalue weighted by Gasteiger charge is -2.38. The van der Waals surface area contributed by atoms with Gasteiger partial charge in [0.15, 0.2) is 0 Å². The predicted octanol–water partition coefficient (Wildman–Crippen LogP) is 2.81. The Morgan fingerprint density at radius 1 is 1.39 bits per heavy atom. The molecule has 3 nitrogen and oxygen atoms in total. The zero-order chi connectivity index (χ0) is 13.0. The summed E-state index contributed by atoms with van der Waals surface area (Å²) in [5.41, 5.74) is 8.15. The topological polar surface area (TPSA) is 48.1 Å². The molecule has 0 amide bonds. The van der Waals surface area contributed by atoms with Crippen molar-refractivity contribution in [2.75, 3.05) is 6.54 Å². The number of nitrogens with two attached hydrogens (primary N) is 1. The number of hydrogen-bond donors (Lipinski definition) is 1. The summed E-state index contributed by atoms with van der Waals surface area (Å²) in [5.74, 6) is 0.814. The molecule has 0 aliphatic heterocycles. The standard InChI is InChI=1S/C15H24N2O/c1-12-3-5-15(11-16,6-4-12)18-10-14-7-13(2)8-17-9-14/h7-9,12H,3-6,10-11,16H2,1-2H3. The SMILES string of the molecule is Cc1cncc(COC2(CN)CCC(C)CC2)c1. The maximum atomic E-state index is 6.14. The molecule has 3 heteroatoms. The molecule has 0 bridgehead atoms. The van der Waals surface area contributed by atoms with Crippen molar-refractivity contribution in [1.29, 1.82) is 0 Å². The number of nitrogens with zero attached hydrogens (tertiary/aromatic N) is 1. The van der Waals surface area contributed by atoms with Crippen LogP contribution in [0.3, 0.4) is 0 Å². The average Bonchev–Trinajstić information content (AvgIpc) is 2.39. The molecule has 1 heterocycles. The predicted molar refractivity (Wildman–Crippen MR) is 73.2 cm³/mol. The van der Waals surface area contributed by atoms with Gasteiger partial charge in [-0.2, -0.15) is 0 Å². The first-order chi connectivity index (χ1) is 8.63. The molecule has 18 heavy (non-hydrogen) atoms. The molecule has 1 aromatic heterocycles. The number of rotatable bonds is 4. The van der Waals surface area contributed by atoms with Crippen LogP contribution in [0.2, 0.25) is 0 Å². The Labute approximate surface area is 110 Å². The van der Waals surface area contributed by atoms with Crippen LogP contribution in [0, 0.1) is 12.8 Å². The van der Waals surface area contributed by atoms with Crippen LogP contribution in [0.1, 0.15) is 43.7 Å². The summed E-state index contributed by atoms with van der Waals surface area (Å²) in [6, 6.07) is 2.13. The van der Waals surface area contributed by atoms with Crippen molar-refractivity contribution in [1.82, 2.24) is 4.98 Å². The average molecular weight is 248 g/mol. The quantitative estimate of drug-likeness (QED) is 0.891. The van der Waals surface area contributed by atoms with Gasteiger partial charge >= 0.3 is 0 Å². The maximum absolute atomic E-state index is 6.14. The third-order valence-electron chi connectivity index (χ3n) is 4.03. The van der Waals surface area contributed by atoms with E-state index in [9.17, 15) is 0 Å². The fourth-order valence-electron chi connectivity index (χ4n) is 2.63. The minimum absolute atomic E-state index is 0.101. The highest BCUT2D eigenvalue weighted by atomic mass is 16.5. The highest BCUT2D eigenvalue weighted by Gasteiger charge is 2.33. The van der Waals surface area contributed by atoms with E-state index in [1.165, 1.54) is 18.4 Å². The molecule has 0 aromatic carbocycles. The van der Waals surface area contributed by atoms with E-state index in [4.69, 9.17) is 10.5 Å². The highest BCUT2D eigenvalue weighted by Crippen LogP contribution is 2.34. The van der Waals surface area contributed by atoms with E-state index in [1.807, 2.05) is 12.4 Å². The van der Waals surface area contributed by atoms with Crippen molar-refractivity contribution in [2.24, 2.45) is 11.7 Å². The Morgan fingerprint density at radius 3 is 2.72 bits per heavy atom. The third-order valence-corrected chi connectivity index (χ3v) is 4.03. The van der Waals surface area contributed by atoms with Gasteiger partial charge in [0.05, 0.1) is 12.2 Å². The Balaban J connectivity index is 1.95. The molecule has 0 spiro atoms. The molecule has 1 aliphatic rings. The van der Waals surface area contributed by atoms with Gasteiger partial charge in [0.25, 0.3) is 0 Å². The first-order valence-corrected chi connectivity index (χ1v) is 6.88. The minimum Gasteiger partial charge on any atom is -0.369 e. The largest absolute Gasteiger partial charge is 0.369 e. The Hall–Kier alpha value is -0.930. The van der Waals surface area contributed by atoms with E-state index < -0.39 is 0 Å². The van der Waals surface area contributed by atoms with E-state index in [1.54, 1.807) is 0 Å². The van der Waals surface area contributed by atoms with E-state index in [0.717, 1.165) is 24.3 Å². The van der Waals surface area contributed by atoms with E-state index in [0.29, 0.717) is 13.2 Å². The molecule has 1 aromatic rings. The van der Waals surface area contributed by atoms with Crippen molar-refractivity contribution >= 4 is 0 Å². The van der Waals surface area contributed by atoms with Crippen LogP contribution in [0.5, 0.6) is 0 Å². The van der Waals surface area contributed by atoms with Crippen LogP contribution < -0.4 is 5.73 Å². The van der Waals surface area contributed by atoms with Gasteiger partial charge in [-0.3, -0.25) is 4.98 Å². The maximum Gasteiger partial charge on any atom is 0.0808 e. The minimum atomic E-state index is -0.101. The summed E-state index contributed by atoms with van der Waals surface area (Å²) in [4.78, 5) is 4.20. The van der Waals surface area contributed by atoms with E-state index in [-0.39, 0.29) is 5.60 Å². The van der Waals surface area contributed by atoms with Gasteiger partial charge in [0.1, 0.15) is 0 Å². The van der Waals surface area contributed by atoms with Crippen LogP contribution in [0.15, 0.2) is 18.5 Å². The monoisotopic (exact) mass is 248 g/mol. The molecule has 2 N–H and O–H groups in total. The number of aromatic nitrogens is 1. The van der Waals surface area contributed by atoms with Crippen LogP contribution in [0.25, 0.3) is 0 Å². The molecule has 0 atom stereocenters. The molecule has 1 fully saturated rings. The van der Waals surface area contributed by atoms with Gasteiger partial charge < -0.3 is 10.5 Å². The Bertz CT molecular complexity index is 384. The zero-order valence-electron chi connectivity index (χ0n) is 11.5. The Morgan fingerprint density at radius 2 is 2.11 bits per heavy atom. The molecule has 0 unspecified atom stereocenters. The summed E-state index contributed by atoms with van der Waals surface area (Å²) in [7, 11) is 0. The van der Waals surface area contributed by atoms with Crippen LogP contribution in [-0.2, 0) is 11.3 Å². The number of ether oxygens (including phenoxy) is 1. The van der Waals surface area contributed by atoms with Crippen molar-refractivity contribution in [3.63, 3.8) is 0 Å². The van der Waals surface area contributed by atoms with Crippen molar-refractivity contribution in [2.45, 2.75) is 51.7 Å². The summed E-state index contributed by atoms with van der Waals surface area (Å²) in [6.07, 6.45) is 8.37. The zero-order valence-corrected chi connectivity index (χ0v) is 11.5. The number of aryl methyl sites for hydroxylation is 1. The molecule has 1 aliphatic carbocycles. The molecule has 0 radical (unpaired) electrons. The van der Waals surface area contributed by atoms with Gasteiger partial charge in [-0.05, 0) is 49.7 Å². The third kappa shape index (κ3) is 3.30. The van der Waals surface area contributed by atoms with E-state index >= 15 is 0 Å². The summed E-state index contributed by atoms with van der Waals surface area (Å²) in [5, 5.41) is 0. The van der Waals surface area contributed by atoms with Crippen LogP contribution >= 0.6 is 0 Å². The second-order valence-corrected chi connectivity index (χ2v) is 5.73. The van der Waals surface area contributed by atoms with Crippen molar-refractivity contribution in [3.05, 3.63) is 29.6 Å². The second kappa shape index (κ2) is 5.81. The van der Waals surface area contributed by atoms with Crippen molar-refractivity contribution < 1.29 is 4.74 Å². The van der Waals surface area contributed by atoms with Gasteiger partial charge in [-0.25, -0.2) is 0 Å². The lowest BCUT2D eigenvalue weighted by Crippen LogP contribution is -2.43. The van der Waals surface area contributed by atoms with Gasteiger partial charge in [-0.1, -0.05) is 13.0 Å². The molecule has 1 saturated carbocycles. The lowest BCUT2D eigenvalue weighted by molar-refractivity contribution is -0.0800. The number of hydrogen-bond acceptors (Lipinski definition) is 3. The molecule has 2 rings (SSSR count). The highest BCUT2D eigenvalue weighted by molar-refractivity contribution is 5.15. The summed E-state index contributed by atoms with van der Waals surface area (Å²) >= 11 is 0. The number of pyridine rings is 1. The van der Waals surface area contributed by atoms with E-state index in [2.05, 4.69) is 24.9 Å². The lowest BCUT2D eigenvalue weighted by atomic mass is 9.79. The molecule has 0 saturated heterocycles. The first-order valence-electron chi connectivity index (χ1n) is 6.88. The van der Waals surface area contributed by atoms with Crippen LogP contribution in [0.4, 0.5) is 0 Å². The molecular weight excluding hydrogens is 224 g/mol. The van der Waals surface area contributed by atoms with Gasteiger partial charge in [0, 0.05) is 18.9 Å². The summed E-state index contributed by atoms with van der Waals surface area (Å²) < 4.78 is 6.14. The van der Waals surface area contributed by atoms with Gasteiger partial charge in [-0.15, -0.1) is 0 Å². The fraction of sp³-hybridized carbons (Fsp3) is 0.667. The van der Waals surface area contributed by atoms with Crippen molar-refractivity contribution in [3.8, 4) is 0 Å². The van der Waals surface area contributed by atoms with Crippen LogP contribution in [-0.4, -0.2) is 17.1 Å². The Kier molecular flexibility index (Phi) is 4.36.